The molecule has 0 atom stereocenters. The van der Waals surface area contributed by atoms with Gasteiger partial charge in [-0.1, -0.05) is 48.5 Å². The van der Waals surface area contributed by atoms with E-state index in [2.05, 4.69) is 13.0 Å². The van der Waals surface area contributed by atoms with Crippen LogP contribution in [-0.2, 0) is 6.61 Å². The van der Waals surface area contributed by atoms with Crippen LogP contribution in [0.5, 0.6) is 5.75 Å². The molecule has 126 valence electrons. The molecule has 0 amide bonds. The average molecular weight is 330 g/mol. The minimum absolute atomic E-state index is 0.0331. The lowest BCUT2D eigenvalue weighted by Gasteiger charge is -2.11. The molecule has 0 saturated carbocycles. The van der Waals surface area contributed by atoms with Crippen LogP contribution in [0.4, 0.5) is 0 Å². The molecular formula is C23H22O2. The standard InChI is InChI=1S/C23H22O2/c1-16-12-18(3)22(13-17(16)2)23(24)20-10-7-11-21(14-20)25-15-19-8-5-4-6-9-19/h4-14H,15H2,1-3H3. The van der Waals surface area contributed by atoms with Crippen LogP contribution >= 0.6 is 0 Å². The second-order valence-electron chi connectivity index (χ2n) is 6.38. The molecule has 3 aromatic carbocycles. The number of carbonyl (C=O) groups is 1. The predicted octanol–water partition coefficient (Wildman–Crippen LogP) is 5.42. The number of benzene rings is 3. The summed E-state index contributed by atoms with van der Waals surface area (Å²) >= 11 is 0. The number of ketones is 1. The van der Waals surface area contributed by atoms with Gasteiger partial charge in [0.2, 0.25) is 0 Å². The number of carbonyl (C=O) groups excluding carboxylic acids is 1. The fraction of sp³-hybridized carbons (Fsp3) is 0.174. The highest BCUT2D eigenvalue weighted by molar-refractivity contribution is 6.10. The van der Waals surface area contributed by atoms with E-state index in [0.717, 1.165) is 22.3 Å². The molecule has 2 nitrogen and oxygen atoms in total. The van der Waals surface area contributed by atoms with Gasteiger partial charge >= 0.3 is 0 Å². The second-order valence-corrected chi connectivity index (χ2v) is 6.38. The van der Waals surface area contributed by atoms with Gasteiger partial charge in [0.05, 0.1) is 0 Å². The SMILES string of the molecule is Cc1cc(C)c(C(=O)c2cccc(OCc3ccccc3)c2)cc1C. The van der Waals surface area contributed by atoms with Crippen LogP contribution in [0, 0.1) is 20.8 Å². The number of hydrogen-bond donors (Lipinski definition) is 0. The summed E-state index contributed by atoms with van der Waals surface area (Å²) < 4.78 is 5.84. The third-order valence-electron chi connectivity index (χ3n) is 4.43. The van der Waals surface area contributed by atoms with Gasteiger partial charge in [0.25, 0.3) is 0 Å². The van der Waals surface area contributed by atoms with Crippen molar-refractivity contribution in [3.8, 4) is 5.75 Å². The zero-order valence-electron chi connectivity index (χ0n) is 14.9. The van der Waals surface area contributed by atoms with Crippen molar-refractivity contribution in [1.29, 1.82) is 0 Å². The molecular weight excluding hydrogens is 308 g/mol. The van der Waals surface area contributed by atoms with E-state index in [1.807, 2.05) is 74.5 Å². The lowest BCUT2D eigenvalue weighted by atomic mass is 9.95. The van der Waals surface area contributed by atoms with Crippen molar-refractivity contribution in [3.63, 3.8) is 0 Å². The Bertz CT molecular complexity index is 895. The molecule has 2 heteroatoms. The lowest BCUT2D eigenvalue weighted by molar-refractivity contribution is 0.103. The molecule has 0 radical (unpaired) electrons. The van der Waals surface area contributed by atoms with Gasteiger partial charge in [0, 0.05) is 11.1 Å². The van der Waals surface area contributed by atoms with Crippen molar-refractivity contribution in [2.75, 3.05) is 0 Å². The summed E-state index contributed by atoms with van der Waals surface area (Å²) in [5.74, 6) is 0.738. The van der Waals surface area contributed by atoms with Crippen LogP contribution in [0.2, 0.25) is 0 Å². The van der Waals surface area contributed by atoms with E-state index < -0.39 is 0 Å². The molecule has 0 aliphatic heterocycles. The number of hydrogen-bond acceptors (Lipinski definition) is 2. The topological polar surface area (TPSA) is 26.3 Å². The molecule has 0 bridgehead atoms. The van der Waals surface area contributed by atoms with E-state index in [1.54, 1.807) is 0 Å². The smallest absolute Gasteiger partial charge is 0.193 e. The highest BCUT2D eigenvalue weighted by Gasteiger charge is 2.14. The molecule has 0 heterocycles. The number of rotatable bonds is 5. The van der Waals surface area contributed by atoms with E-state index in [1.165, 1.54) is 5.56 Å². The molecule has 3 rings (SSSR count). The first-order chi connectivity index (χ1) is 12.0. The zero-order valence-corrected chi connectivity index (χ0v) is 14.9. The van der Waals surface area contributed by atoms with Gasteiger partial charge in [-0.05, 0) is 61.2 Å². The van der Waals surface area contributed by atoms with E-state index in [4.69, 9.17) is 4.74 Å². The van der Waals surface area contributed by atoms with E-state index in [9.17, 15) is 4.79 Å². The Morgan fingerprint density at radius 2 is 1.52 bits per heavy atom. The van der Waals surface area contributed by atoms with Crippen molar-refractivity contribution < 1.29 is 9.53 Å². The molecule has 0 N–H and O–H groups in total. The van der Waals surface area contributed by atoms with E-state index in [0.29, 0.717) is 17.9 Å². The fourth-order valence-corrected chi connectivity index (χ4v) is 2.83. The predicted molar refractivity (Wildman–Crippen MR) is 101 cm³/mol. The monoisotopic (exact) mass is 330 g/mol. The highest BCUT2D eigenvalue weighted by Crippen LogP contribution is 2.22. The summed E-state index contributed by atoms with van der Waals surface area (Å²) in [6.45, 7) is 6.57. The quantitative estimate of drug-likeness (QED) is 0.584. The Hall–Kier alpha value is -2.87. The maximum atomic E-state index is 12.9. The maximum Gasteiger partial charge on any atom is 0.193 e. The zero-order chi connectivity index (χ0) is 17.8. The number of ether oxygens (including phenoxy) is 1. The Labute approximate surface area is 149 Å². The van der Waals surface area contributed by atoms with Crippen LogP contribution in [0.25, 0.3) is 0 Å². The first-order valence-electron chi connectivity index (χ1n) is 8.44. The molecule has 25 heavy (non-hydrogen) atoms. The average Bonchev–Trinajstić information content (AvgIpc) is 2.63. The van der Waals surface area contributed by atoms with Crippen molar-refractivity contribution in [2.24, 2.45) is 0 Å². The minimum Gasteiger partial charge on any atom is -0.489 e. The third-order valence-corrected chi connectivity index (χ3v) is 4.43. The highest BCUT2D eigenvalue weighted by atomic mass is 16.5. The van der Waals surface area contributed by atoms with Crippen LogP contribution < -0.4 is 4.74 Å². The molecule has 0 saturated heterocycles. The number of aryl methyl sites for hydroxylation is 3. The summed E-state index contributed by atoms with van der Waals surface area (Å²) in [4.78, 5) is 12.9. The lowest BCUT2D eigenvalue weighted by Crippen LogP contribution is -2.05. The maximum absolute atomic E-state index is 12.9. The molecule has 0 aliphatic carbocycles. The van der Waals surface area contributed by atoms with Gasteiger partial charge in [-0.2, -0.15) is 0 Å². The summed E-state index contributed by atoms with van der Waals surface area (Å²) in [7, 11) is 0. The van der Waals surface area contributed by atoms with Crippen LogP contribution in [0.1, 0.15) is 38.2 Å². The van der Waals surface area contributed by atoms with Crippen molar-refractivity contribution in [3.05, 3.63) is 100 Å². The Kier molecular flexibility index (Phi) is 4.99. The minimum atomic E-state index is 0.0331. The molecule has 0 aromatic heterocycles. The first-order valence-corrected chi connectivity index (χ1v) is 8.44. The molecule has 0 unspecified atom stereocenters. The summed E-state index contributed by atoms with van der Waals surface area (Å²) in [6.07, 6.45) is 0. The first kappa shape index (κ1) is 17.0. The van der Waals surface area contributed by atoms with Gasteiger partial charge < -0.3 is 4.74 Å². The Balaban J connectivity index is 1.81. The molecule has 3 aromatic rings. The van der Waals surface area contributed by atoms with Gasteiger partial charge in [-0.3, -0.25) is 4.79 Å². The Morgan fingerprint density at radius 3 is 2.28 bits per heavy atom. The summed E-state index contributed by atoms with van der Waals surface area (Å²) in [6, 6.07) is 21.4. The largest absolute Gasteiger partial charge is 0.489 e. The molecule has 0 fully saturated rings. The molecule has 0 spiro atoms. The van der Waals surface area contributed by atoms with Crippen molar-refractivity contribution >= 4 is 5.78 Å². The fourth-order valence-electron chi connectivity index (χ4n) is 2.83. The van der Waals surface area contributed by atoms with E-state index >= 15 is 0 Å². The van der Waals surface area contributed by atoms with Gasteiger partial charge in [0.1, 0.15) is 12.4 Å². The van der Waals surface area contributed by atoms with Crippen LogP contribution in [-0.4, -0.2) is 5.78 Å². The van der Waals surface area contributed by atoms with E-state index in [-0.39, 0.29) is 5.78 Å². The van der Waals surface area contributed by atoms with Crippen molar-refractivity contribution in [1.82, 2.24) is 0 Å². The van der Waals surface area contributed by atoms with Crippen LogP contribution in [0.15, 0.2) is 66.7 Å². The van der Waals surface area contributed by atoms with Crippen molar-refractivity contribution in [2.45, 2.75) is 27.4 Å². The molecule has 0 aliphatic rings. The third kappa shape index (κ3) is 3.97. The van der Waals surface area contributed by atoms with Gasteiger partial charge in [-0.25, -0.2) is 0 Å². The Morgan fingerprint density at radius 1 is 0.800 bits per heavy atom. The summed E-state index contributed by atoms with van der Waals surface area (Å²) in [5.41, 5.74) is 5.84. The van der Waals surface area contributed by atoms with Gasteiger partial charge in [-0.15, -0.1) is 0 Å². The summed E-state index contributed by atoms with van der Waals surface area (Å²) in [5, 5.41) is 0. The normalized spacial score (nSPS) is 10.5. The van der Waals surface area contributed by atoms with Crippen LogP contribution in [0.3, 0.4) is 0 Å². The second kappa shape index (κ2) is 7.35. The van der Waals surface area contributed by atoms with Gasteiger partial charge in [0.15, 0.2) is 5.78 Å².